The molecule has 9 heteroatoms. The maximum absolute atomic E-state index is 12.6. The summed E-state index contributed by atoms with van der Waals surface area (Å²) in [5, 5.41) is 9.14. The second kappa shape index (κ2) is 6.40. The van der Waals surface area contributed by atoms with E-state index in [0.29, 0.717) is 0 Å². The molecule has 2 aromatic rings. The molecule has 1 aromatic heterocycles. The summed E-state index contributed by atoms with van der Waals surface area (Å²) >= 11 is 0. The highest BCUT2D eigenvalue weighted by atomic mass is 32.2. The predicted octanol–water partition coefficient (Wildman–Crippen LogP) is 2.29. The largest absolute Gasteiger partial charge is 0.496 e. The van der Waals surface area contributed by atoms with E-state index in [4.69, 9.17) is 4.74 Å². The van der Waals surface area contributed by atoms with Crippen molar-refractivity contribution < 1.29 is 23.1 Å². The van der Waals surface area contributed by atoms with E-state index in [9.17, 15) is 18.3 Å². The lowest BCUT2D eigenvalue weighted by Crippen LogP contribution is -2.14. The van der Waals surface area contributed by atoms with Crippen LogP contribution in [0.25, 0.3) is 0 Å². The number of ether oxygens (including phenoxy) is 1. The zero-order valence-corrected chi connectivity index (χ0v) is 14.7. The fraction of sp³-hybridized carbons (Fsp3) is 0.375. The molecule has 25 heavy (non-hydrogen) atoms. The van der Waals surface area contributed by atoms with Gasteiger partial charge >= 0.3 is 5.97 Å². The normalized spacial score (nSPS) is 17.0. The molecule has 0 radical (unpaired) electrons. The van der Waals surface area contributed by atoms with Crippen molar-refractivity contribution in [3.8, 4) is 5.75 Å². The van der Waals surface area contributed by atoms with Gasteiger partial charge in [0.15, 0.2) is 5.03 Å². The van der Waals surface area contributed by atoms with Crippen LogP contribution in [-0.2, 0) is 16.4 Å². The Balaban J connectivity index is 1.92. The van der Waals surface area contributed by atoms with Crippen LogP contribution in [0.2, 0.25) is 0 Å². The number of carboxylic acid groups (broad SMARTS) is 1. The van der Waals surface area contributed by atoms with E-state index in [1.807, 2.05) is 11.5 Å². The van der Waals surface area contributed by atoms with E-state index in [0.717, 1.165) is 25.1 Å². The third kappa shape index (κ3) is 3.32. The third-order valence-electron chi connectivity index (χ3n) is 4.24. The van der Waals surface area contributed by atoms with Gasteiger partial charge in [-0.1, -0.05) is 0 Å². The Hall–Kier alpha value is -2.55. The number of aryl methyl sites for hydroxylation is 1. The smallest absolute Gasteiger partial charge is 0.339 e. The summed E-state index contributed by atoms with van der Waals surface area (Å²) in [5.74, 6) is -0.300. The van der Waals surface area contributed by atoms with Gasteiger partial charge in [-0.3, -0.25) is 4.72 Å². The van der Waals surface area contributed by atoms with Gasteiger partial charge in [-0.2, -0.15) is 8.42 Å². The highest BCUT2D eigenvalue weighted by Gasteiger charge is 2.25. The van der Waals surface area contributed by atoms with Crippen LogP contribution in [0.15, 0.2) is 29.4 Å². The molecule has 0 saturated heterocycles. The summed E-state index contributed by atoms with van der Waals surface area (Å²) in [5.41, 5.74) is 0.0117. The third-order valence-corrected chi connectivity index (χ3v) is 5.49. The number of aromatic carboxylic acids is 1. The first-order valence-corrected chi connectivity index (χ1v) is 9.32. The number of benzene rings is 1. The van der Waals surface area contributed by atoms with Gasteiger partial charge in [0.25, 0.3) is 10.0 Å². The van der Waals surface area contributed by atoms with Crippen LogP contribution in [-0.4, -0.2) is 36.2 Å². The summed E-state index contributed by atoms with van der Waals surface area (Å²) in [6.07, 6.45) is 4.23. The van der Waals surface area contributed by atoms with Gasteiger partial charge in [-0.25, -0.2) is 9.78 Å². The van der Waals surface area contributed by atoms with Crippen LogP contribution in [0.1, 0.15) is 42.0 Å². The molecule has 8 nitrogen and oxygen atoms in total. The number of nitrogens with zero attached hydrogens (tertiary/aromatic N) is 2. The van der Waals surface area contributed by atoms with Gasteiger partial charge in [0.1, 0.15) is 17.1 Å². The second-order valence-electron chi connectivity index (χ2n) is 5.97. The number of anilines is 1. The van der Waals surface area contributed by atoms with Crippen LogP contribution in [0.4, 0.5) is 5.69 Å². The molecule has 2 heterocycles. The molecule has 0 spiro atoms. The molecule has 3 rings (SSSR count). The number of methoxy groups -OCH3 is 1. The molecule has 1 unspecified atom stereocenters. The Kier molecular flexibility index (Phi) is 4.42. The summed E-state index contributed by atoms with van der Waals surface area (Å²) in [7, 11) is -2.56. The van der Waals surface area contributed by atoms with Gasteiger partial charge in [0.05, 0.1) is 7.11 Å². The fourth-order valence-electron chi connectivity index (χ4n) is 2.94. The molecule has 0 saturated carbocycles. The first kappa shape index (κ1) is 17.3. The minimum absolute atomic E-state index is 0.0658. The Morgan fingerprint density at radius 2 is 2.20 bits per heavy atom. The zero-order chi connectivity index (χ0) is 18.2. The molecule has 134 valence electrons. The summed E-state index contributed by atoms with van der Waals surface area (Å²) in [6.45, 7) is 2.02. The van der Waals surface area contributed by atoms with E-state index in [1.54, 1.807) is 0 Å². The summed E-state index contributed by atoms with van der Waals surface area (Å²) in [4.78, 5) is 15.5. The molecule has 0 fully saturated rings. The minimum atomic E-state index is -3.91. The minimum Gasteiger partial charge on any atom is -0.496 e. The lowest BCUT2D eigenvalue weighted by molar-refractivity contribution is 0.0693. The number of hydrogen-bond donors (Lipinski definition) is 2. The van der Waals surface area contributed by atoms with Crippen molar-refractivity contribution in [3.05, 3.63) is 35.8 Å². The lowest BCUT2D eigenvalue weighted by atomic mass is 10.1. The second-order valence-corrected chi connectivity index (χ2v) is 7.60. The molecule has 0 amide bonds. The SMILES string of the molecule is COc1ccc(NS(=O)(=O)c2cn3c(n2)CCCC3C)cc1C(=O)O. The number of fused-ring (bicyclic) bond motifs is 1. The molecular weight excluding hydrogens is 346 g/mol. The van der Waals surface area contributed by atoms with Crippen LogP contribution >= 0.6 is 0 Å². The van der Waals surface area contributed by atoms with E-state index >= 15 is 0 Å². The Morgan fingerprint density at radius 1 is 1.44 bits per heavy atom. The number of aromatic nitrogens is 2. The molecule has 0 aliphatic carbocycles. The standard InChI is InChI=1S/C16H19N3O5S/c1-10-4-3-5-14-17-15(9-19(10)14)25(22,23)18-11-6-7-13(24-2)12(8-11)16(20)21/h6-10,18H,3-5H2,1-2H3,(H,20,21). The number of carboxylic acids is 1. The number of sulfonamides is 1. The molecule has 2 N–H and O–H groups in total. The van der Waals surface area contributed by atoms with E-state index in [-0.39, 0.29) is 28.1 Å². The molecule has 1 aromatic carbocycles. The highest BCUT2D eigenvalue weighted by molar-refractivity contribution is 7.92. The van der Waals surface area contributed by atoms with Gasteiger partial charge in [0.2, 0.25) is 0 Å². The number of carbonyl (C=O) groups is 1. The van der Waals surface area contributed by atoms with E-state index < -0.39 is 16.0 Å². The first-order valence-electron chi connectivity index (χ1n) is 7.83. The quantitative estimate of drug-likeness (QED) is 0.841. The van der Waals surface area contributed by atoms with Crippen molar-refractivity contribution in [2.75, 3.05) is 11.8 Å². The maximum Gasteiger partial charge on any atom is 0.339 e. The first-order chi connectivity index (χ1) is 11.8. The number of rotatable bonds is 5. The number of imidazole rings is 1. The monoisotopic (exact) mass is 365 g/mol. The van der Waals surface area contributed by atoms with Crippen molar-refractivity contribution >= 4 is 21.7 Å². The average Bonchev–Trinajstić information content (AvgIpc) is 3.01. The van der Waals surface area contributed by atoms with Gasteiger partial charge in [-0.05, 0) is 38.0 Å². The Morgan fingerprint density at radius 3 is 2.84 bits per heavy atom. The maximum atomic E-state index is 12.6. The van der Waals surface area contributed by atoms with E-state index in [1.165, 1.54) is 31.5 Å². The summed E-state index contributed by atoms with van der Waals surface area (Å²) < 4.78 is 34.4. The van der Waals surface area contributed by atoms with Crippen molar-refractivity contribution in [3.63, 3.8) is 0 Å². The fourth-order valence-corrected chi connectivity index (χ4v) is 3.96. The zero-order valence-electron chi connectivity index (χ0n) is 13.9. The number of hydrogen-bond acceptors (Lipinski definition) is 5. The molecule has 1 atom stereocenters. The Labute approximate surface area is 145 Å². The molecule has 1 aliphatic rings. The van der Waals surface area contributed by atoms with Crippen LogP contribution < -0.4 is 9.46 Å². The van der Waals surface area contributed by atoms with Crippen LogP contribution in [0.3, 0.4) is 0 Å². The van der Waals surface area contributed by atoms with Gasteiger partial charge < -0.3 is 14.4 Å². The number of nitrogens with one attached hydrogen (secondary N) is 1. The molecule has 0 bridgehead atoms. The molecular formula is C16H19N3O5S. The van der Waals surface area contributed by atoms with Gasteiger partial charge in [0, 0.05) is 24.3 Å². The van der Waals surface area contributed by atoms with E-state index in [2.05, 4.69) is 9.71 Å². The highest BCUT2D eigenvalue weighted by Crippen LogP contribution is 2.27. The van der Waals surface area contributed by atoms with Crippen LogP contribution in [0, 0.1) is 0 Å². The van der Waals surface area contributed by atoms with Crippen molar-refractivity contribution in [2.45, 2.75) is 37.3 Å². The van der Waals surface area contributed by atoms with Crippen LogP contribution in [0.5, 0.6) is 5.75 Å². The Bertz CT molecular complexity index is 920. The lowest BCUT2D eigenvalue weighted by Gasteiger charge is -2.20. The van der Waals surface area contributed by atoms with Crippen molar-refractivity contribution in [1.82, 2.24) is 9.55 Å². The predicted molar refractivity (Wildman–Crippen MR) is 90.6 cm³/mol. The average molecular weight is 365 g/mol. The molecule has 1 aliphatic heterocycles. The summed E-state index contributed by atoms with van der Waals surface area (Å²) in [6, 6.07) is 4.28. The van der Waals surface area contributed by atoms with Crippen molar-refractivity contribution in [1.29, 1.82) is 0 Å². The van der Waals surface area contributed by atoms with Crippen molar-refractivity contribution in [2.24, 2.45) is 0 Å². The topological polar surface area (TPSA) is 111 Å². The van der Waals surface area contributed by atoms with Gasteiger partial charge in [-0.15, -0.1) is 0 Å².